The van der Waals surface area contributed by atoms with Crippen LogP contribution in [0.3, 0.4) is 0 Å². The number of anilines is 1. The second kappa shape index (κ2) is 6.51. The normalized spacial score (nSPS) is 10.4. The molecule has 6 heteroatoms. The van der Waals surface area contributed by atoms with Gasteiger partial charge in [-0.1, -0.05) is 11.6 Å². The molecule has 94 valence electrons. The minimum atomic E-state index is -0.878. The summed E-state index contributed by atoms with van der Waals surface area (Å²) in [6, 6.07) is 1.63. The first-order valence-corrected chi connectivity index (χ1v) is 5.51. The predicted molar refractivity (Wildman–Crippen MR) is 63.2 cm³/mol. The molecular formula is C11H13ClF2N2O. The van der Waals surface area contributed by atoms with Gasteiger partial charge in [0, 0.05) is 12.5 Å². The summed E-state index contributed by atoms with van der Waals surface area (Å²) >= 11 is 5.63. The molecule has 0 heterocycles. The van der Waals surface area contributed by atoms with Gasteiger partial charge in [0.15, 0.2) is 5.82 Å². The van der Waals surface area contributed by atoms with Crippen LogP contribution < -0.4 is 10.6 Å². The van der Waals surface area contributed by atoms with E-state index in [2.05, 4.69) is 10.6 Å². The van der Waals surface area contributed by atoms with E-state index in [-0.39, 0.29) is 23.0 Å². The van der Waals surface area contributed by atoms with E-state index in [1.165, 1.54) is 0 Å². The third kappa shape index (κ3) is 4.28. The molecule has 3 nitrogen and oxygen atoms in total. The van der Waals surface area contributed by atoms with Crippen molar-refractivity contribution in [3.8, 4) is 0 Å². The van der Waals surface area contributed by atoms with Crippen LogP contribution in [-0.2, 0) is 4.79 Å². The second-order valence-electron chi connectivity index (χ2n) is 3.50. The van der Waals surface area contributed by atoms with E-state index in [9.17, 15) is 13.6 Å². The number of carbonyl (C=O) groups excluding carboxylic acids is 1. The van der Waals surface area contributed by atoms with Crippen LogP contribution in [-0.4, -0.2) is 19.5 Å². The number of amides is 1. The molecule has 1 rings (SSSR count). The molecule has 1 aromatic carbocycles. The third-order valence-electron chi connectivity index (χ3n) is 2.10. The van der Waals surface area contributed by atoms with Crippen molar-refractivity contribution < 1.29 is 13.6 Å². The molecule has 0 aliphatic rings. The van der Waals surface area contributed by atoms with Crippen LogP contribution in [0.2, 0.25) is 5.02 Å². The smallest absolute Gasteiger partial charge is 0.224 e. The Morgan fingerprint density at radius 1 is 1.41 bits per heavy atom. The number of nitrogens with one attached hydrogen (secondary N) is 2. The highest BCUT2D eigenvalue weighted by Crippen LogP contribution is 2.26. The minimum absolute atomic E-state index is 0.149. The number of carbonyl (C=O) groups is 1. The first kappa shape index (κ1) is 13.9. The molecule has 17 heavy (non-hydrogen) atoms. The number of rotatable bonds is 5. The number of halogens is 3. The Hall–Kier alpha value is -1.20. The van der Waals surface area contributed by atoms with Crippen LogP contribution in [0.1, 0.15) is 12.8 Å². The fourth-order valence-electron chi connectivity index (χ4n) is 1.29. The van der Waals surface area contributed by atoms with Gasteiger partial charge in [-0.25, -0.2) is 8.78 Å². The van der Waals surface area contributed by atoms with Gasteiger partial charge < -0.3 is 10.6 Å². The molecule has 0 radical (unpaired) electrons. The van der Waals surface area contributed by atoms with E-state index in [0.717, 1.165) is 6.07 Å². The van der Waals surface area contributed by atoms with Crippen molar-refractivity contribution in [2.24, 2.45) is 0 Å². The van der Waals surface area contributed by atoms with E-state index in [1.807, 2.05) is 0 Å². The van der Waals surface area contributed by atoms with E-state index in [1.54, 1.807) is 7.05 Å². The highest BCUT2D eigenvalue weighted by Gasteiger charge is 2.12. The maximum absolute atomic E-state index is 13.3. The fourth-order valence-corrected chi connectivity index (χ4v) is 1.53. The Bertz CT molecular complexity index is 389. The molecule has 0 atom stereocenters. The molecule has 0 saturated heterocycles. The summed E-state index contributed by atoms with van der Waals surface area (Å²) in [5, 5.41) is 5.06. The Morgan fingerprint density at radius 2 is 2.12 bits per heavy atom. The highest BCUT2D eigenvalue weighted by atomic mass is 35.5. The monoisotopic (exact) mass is 262 g/mol. The summed E-state index contributed by atoms with van der Waals surface area (Å²) in [4.78, 5) is 11.4. The lowest BCUT2D eigenvalue weighted by Gasteiger charge is -2.08. The van der Waals surface area contributed by atoms with Crippen molar-refractivity contribution in [1.82, 2.24) is 5.32 Å². The highest BCUT2D eigenvalue weighted by molar-refractivity contribution is 6.33. The Balaban J connectivity index is 2.65. The average molecular weight is 263 g/mol. The Morgan fingerprint density at radius 3 is 2.71 bits per heavy atom. The number of hydrogen-bond donors (Lipinski definition) is 2. The van der Waals surface area contributed by atoms with Crippen molar-refractivity contribution in [3.63, 3.8) is 0 Å². The largest absolute Gasteiger partial charge is 0.322 e. The Kier molecular flexibility index (Phi) is 5.31. The van der Waals surface area contributed by atoms with E-state index < -0.39 is 11.6 Å². The first-order valence-electron chi connectivity index (χ1n) is 5.13. The molecule has 0 aliphatic carbocycles. The molecule has 0 bridgehead atoms. The lowest BCUT2D eigenvalue weighted by Crippen LogP contribution is -2.16. The molecular weight excluding hydrogens is 250 g/mol. The minimum Gasteiger partial charge on any atom is -0.322 e. The first-order chi connectivity index (χ1) is 8.04. The summed E-state index contributed by atoms with van der Waals surface area (Å²) in [6.07, 6.45) is 0.872. The van der Waals surface area contributed by atoms with Crippen LogP contribution >= 0.6 is 11.6 Å². The summed E-state index contributed by atoms with van der Waals surface area (Å²) in [7, 11) is 1.77. The molecule has 1 aromatic rings. The van der Waals surface area contributed by atoms with Gasteiger partial charge in [0.1, 0.15) is 5.82 Å². The lowest BCUT2D eigenvalue weighted by atomic mass is 10.2. The van der Waals surface area contributed by atoms with Crippen LogP contribution in [0.25, 0.3) is 0 Å². The van der Waals surface area contributed by atoms with Gasteiger partial charge in [-0.2, -0.15) is 0 Å². The van der Waals surface area contributed by atoms with Crippen molar-refractivity contribution >= 4 is 23.2 Å². The van der Waals surface area contributed by atoms with Crippen LogP contribution in [0.5, 0.6) is 0 Å². The number of benzene rings is 1. The molecule has 2 N–H and O–H groups in total. The van der Waals surface area contributed by atoms with E-state index >= 15 is 0 Å². The molecule has 1 amide bonds. The van der Waals surface area contributed by atoms with E-state index in [0.29, 0.717) is 19.0 Å². The standard InChI is InChI=1S/C11H13ClF2N2O/c1-15-4-2-3-10(17)16-11-8(12)5-7(13)6-9(11)14/h5-6,15H,2-4H2,1H3,(H,16,17). The van der Waals surface area contributed by atoms with Gasteiger partial charge in [-0.15, -0.1) is 0 Å². The summed E-state index contributed by atoms with van der Waals surface area (Å²) < 4.78 is 26.1. The molecule has 0 unspecified atom stereocenters. The van der Waals surface area contributed by atoms with Crippen LogP contribution in [0.15, 0.2) is 12.1 Å². The van der Waals surface area contributed by atoms with Crippen molar-refractivity contribution in [3.05, 3.63) is 28.8 Å². The zero-order valence-electron chi connectivity index (χ0n) is 9.32. The van der Waals surface area contributed by atoms with Gasteiger partial charge in [-0.3, -0.25) is 4.79 Å². The molecule has 0 spiro atoms. The lowest BCUT2D eigenvalue weighted by molar-refractivity contribution is -0.116. The molecule has 0 aromatic heterocycles. The van der Waals surface area contributed by atoms with Crippen LogP contribution in [0, 0.1) is 11.6 Å². The van der Waals surface area contributed by atoms with Gasteiger partial charge >= 0.3 is 0 Å². The summed E-state index contributed by atoms with van der Waals surface area (Å²) in [5.41, 5.74) is -0.178. The van der Waals surface area contributed by atoms with Gasteiger partial charge in [0.05, 0.1) is 10.7 Å². The third-order valence-corrected chi connectivity index (χ3v) is 2.40. The second-order valence-corrected chi connectivity index (χ2v) is 3.91. The summed E-state index contributed by atoms with van der Waals surface area (Å²) in [6.45, 7) is 0.688. The zero-order chi connectivity index (χ0) is 12.8. The van der Waals surface area contributed by atoms with Crippen molar-refractivity contribution in [2.45, 2.75) is 12.8 Å². The fraction of sp³-hybridized carbons (Fsp3) is 0.364. The number of hydrogen-bond acceptors (Lipinski definition) is 2. The van der Waals surface area contributed by atoms with Crippen molar-refractivity contribution in [1.29, 1.82) is 0 Å². The summed E-state index contributed by atoms with van der Waals surface area (Å²) in [5.74, 6) is -2.01. The maximum Gasteiger partial charge on any atom is 0.224 e. The molecule has 0 fully saturated rings. The van der Waals surface area contributed by atoms with Crippen LogP contribution in [0.4, 0.5) is 14.5 Å². The Labute approximate surface area is 103 Å². The van der Waals surface area contributed by atoms with Gasteiger partial charge in [0.2, 0.25) is 5.91 Å². The quantitative estimate of drug-likeness (QED) is 0.801. The molecule has 0 aliphatic heterocycles. The maximum atomic E-state index is 13.3. The van der Waals surface area contributed by atoms with Crippen molar-refractivity contribution in [2.75, 3.05) is 18.9 Å². The topological polar surface area (TPSA) is 41.1 Å². The predicted octanol–water partition coefficient (Wildman–Crippen LogP) is 2.56. The average Bonchev–Trinajstić information content (AvgIpc) is 2.24. The van der Waals surface area contributed by atoms with E-state index in [4.69, 9.17) is 11.6 Å². The SMILES string of the molecule is CNCCCC(=O)Nc1c(F)cc(F)cc1Cl. The molecule has 0 saturated carbocycles. The zero-order valence-corrected chi connectivity index (χ0v) is 10.1. The van der Waals surface area contributed by atoms with Gasteiger partial charge in [-0.05, 0) is 26.1 Å². The van der Waals surface area contributed by atoms with Gasteiger partial charge in [0.25, 0.3) is 0 Å².